The third-order valence-corrected chi connectivity index (χ3v) is 8.21. The average Bonchev–Trinajstić information content (AvgIpc) is 3.39. The van der Waals surface area contributed by atoms with Crippen LogP contribution in [0.4, 0.5) is 4.79 Å². The van der Waals surface area contributed by atoms with Gasteiger partial charge < -0.3 is 29.0 Å². The van der Waals surface area contributed by atoms with Gasteiger partial charge in [0, 0.05) is 23.9 Å². The molecule has 0 aliphatic carbocycles. The van der Waals surface area contributed by atoms with E-state index in [0.717, 1.165) is 5.56 Å². The number of carbonyl (C=O) groups excluding carboxylic acids is 3. The number of amides is 1. The Hall–Kier alpha value is -3.61. The lowest BCUT2D eigenvalue weighted by Gasteiger charge is -2.32. The number of hydrogen-bond acceptors (Lipinski definition) is 9. The van der Waals surface area contributed by atoms with E-state index in [-0.39, 0.29) is 38.5 Å². The zero-order valence-electron chi connectivity index (χ0n) is 26.8. The molecule has 2 heterocycles. The van der Waals surface area contributed by atoms with Gasteiger partial charge in [-0.15, -0.1) is 0 Å². The number of esters is 1. The van der Waals surface area contributed by atoms with Crippen LogP contribution < -0.4 is 5.32 Å². The van der Waals surface area contributed by atoms with Gasteiger partial charge in [0.05, 0.1) is 24.2 Å². The fourth-order valence-corrected chi connectivity index (χ4v) is 5.21. The van der Waals surface area contributed by atoms with Gasteiger partial charge in [0.15, 0.2) is 11.3 Å². The summed E-state index contributed by atoms with van der Waals surface area (Å²) in [4.78, 5) is 42.8. The van der Waals surface area contributed by atoms with Crippen molar-refractivity contribution in [3.05, 3.63) is 46.3 Å². The normalized spacial score (nSPS) is 22.2. The molecule has 0 spiro atoms. The first-order chi connectivity index (χ1) is 20.5. The van der Waals surface area contributed by atoms with Crippen LogP contribution in [0.5, 0.6) is 0 Å². The molecule has 240 valence electrons. The van der Waals surface area contributed by atoms with E-state index >= 15 is 0 Å². The fourth-order valence-electron chi connectivity index (χ4n) is 5.21. The van der Waals surface area contributed by atoms with Crippen molar-refractivity contribution in [1.29, 1.82) is 5.41 Å². The minimum atomic E-state index is -1.61. The average molecular weight is 613 g/mol. The van der Waals surface area contributed by atoms with Crippen molar-refractivity contribution in [3.63, 3.8) is 0 Å². The van der Waals surface area contributed by atoms with Crippen LogP contribution in [0.2, 0.25) is 6.32 Å². The Morgan fingerprint density at radius 3 is 2.39 bits per heavy atom. The Morgan fingerprint density at radius 1 is 1.16 bits per heavy atom. The van der Waals surface area contributed by atoms with Gasteiger partial charge >= 0.3 is 19.2 Å². The fraction of sp³-hybridized carbons (Fsp3) is 0.667. The van der Waals surface area contributed by atoms with Gasteiger partial charge in [-0.3, -0.25) is 15.0 Å². The number of likely N-dealkylation sites (tertiary alicyclic amines) is 1. The number of nitrogens with zero attached hydrogens (tertiary/aromatic N) is 4. The molecule has 44 heavy (non-hydrogen) atoms. The number of ketones is 1. The third kappa shape index (κ3) is 8.96. The van der Waals surface area contributed by atoms with Crippen LogP contribution >= 0.6 is 0 Å². The van der Waals surface area contributed by atoms with E-state index in [0.29, 0.717) is 19.2 Å². The molecule has 2 N–H and O–H groups in total. The first kappa shape index (κ1) is 34.9. The number of azide groups is 1. The number of amidine groups is 1. The predicted octanol–water partition coefficient (Wildman–Crippen LogP) is 5.04. The largest absolute Gasteiger partial charge is 0.460 e. The van der Waals surface area contributed by atoms with E-state index in [4.69, 9.17) is 24.2 Å². The Labute approximate surface area is 259 Å². The molecule has 2 saturated heterocycles. The summed E-state index contributed by atoms with van der Waals surface area (Å²) < 4.78 is 23.1. The molecule has 13 nitrogen and oxygen atoms in total. The smallest absolute Gasteiger partial charge is 0.457 e. The summed E-state index contributed by atoms with van der Waals surface area (Å²) >= 11 is 0. The SMILES string of the molecule is CC(C)(C)OC(=O)NCC(=O)CC(=N)N1C[C@H](CCCB2OC(C)(C)C(C)(C)O2)[C@](N=[N+]=[N-])(C(=O)OCc2ccccc2)C1. The van der Waals surface area contributed by atoms with E-state index in [1.807, 2.05) is 58.0 Å². The van der Waals surface area contributed by atoms with Crippen LogP contribution in [-0.2, 0) is 35.0 Å². The molecule has 2 fully saturated rings. The van der Waals surface area contributed by atoms with Gasteiger partial charge in [-0.05, 0) is 72.3 Å². The maximum atomic E-state index is 13.7. The van der Waals surface area contributed by atoms with E-state index < -0.39 is 53.2 Å². The number of nitrogens with one attached hydrogen (secondary N) is 2. The number of Topliss-reactive ketones (excluding diaryl/α,β-unsaturated/α-hetero) is 1. The molecule has 0 radical (unpaired) electrons. The highest BCUT2D eigenvalue weighted by atomic mass is 16.7. The van der Waals surface area contributed by atoms with Gasteiger partial charge in [0.1, 0.15) is 18.0 Å². The van der Waals surface area contributed by atoms with Crippen molar-refractivity contribution in [1.82, 2.24) is 10.2 Å². The summed E-state index contributed by atoms with van der Waals surface area (Å²) in [7, 11) is -0.426. The highest BCUT2D eigenvalue weighted by molar-refractivity contribution is 6.45. The second-order valence-corrected chi connectivity index (χ2v) is 13.4. The highest BCUT2D eigenvalue weighted by Crippen LogP contribution is 2.40. The standard InChI is InChI=1S/C30H45BN6O7/c1-27(2,3)42-26(40)34-17-23(38)16-24(32)37-18-22(14-11-15-31-43-28(4,5)29(6,7)44-31)30(20-37,35-36-33)25(39)41-19-21-12-9-8-10-13-21/h8-10,12-13,22,32H,11,14-20H2,1-7H3,(H,34,40)/t22-,30-/m0/s1. The lowest BCUT2D eigenvalue weighted by molar-refractivity contribution is -0.152. The summed E-state index contributed by atoms with van der Waals surface area (Å²) in [5.41, 5.74) is 7.07. The summed E-state index contributed by atoms with van der Waals surface area (Å²) in [5.74, 6) is -1.65. The predicted molar refractivity (Wildman–Crippen MR) is 165 cm³/mol. The van der Waals surface area contributed by atoms with Gasteiger partial charge in [-0.2, -0.15) is 0 Å². The van der Waals surface area contributed by atoms with Crippen LogP contribution in [0.15, 0.2) is 35.4 Å². The van der Waals surface area contributed by atoms with Crippen molar-refractivity contribution < 1.29 is 33.2 Å². The van der Waals surface area contributed by atoms with E-state index in [2.05, 4.69) is 15.3 Å². The molecule has 0 aromatic heterocycles. The number of ether oxygens (including phenoxy) is 2. The molecular weight excluding hydrogens is 567 g/mol. The summed E-state index contributed by atoms with van der Waals surface area (Å²) in [6.45, 7) is 12.8. The molecule has 14 heteroatoms. The van der Waals surface area contributed by atoms with Gasteiger partial charge in [-0.1, -0.05) is 41.9 Å². The quantitative estimate of drug-likeness (QED) is 0.0627. The third-order valence-electron chi connectivity index (χ3n) is 8.21. The molecular formula is C30H45BN6O7. The summed E-state index contributed by atoms with van der Waals surface area (Å²) in [6, 6.07) is 9.16. The first-order valence-electron chi connectivity index (χ1n) is 14.9. The van der Waals surface area contributed by atoms with Crippen molar-refractivity contribution in [3.8, 4) is 0 Å². The van der Waals surface area contributed by atoms with Crippen LogP contribution in [0, 0.1) is 11.3 Å². The Kier molecular flexibility index (Phi) is 11.1. The first-order valence-corrected chi connectivity index (χ1v) is 14.9. The number of alkyl carbamates (subject to hydrolysis) is 1. The molecule has 2 aliphatic heterocycles. The Bertz CT molecular complexity index is 1250. The zero-order chi connectivity index (χ0) is 32.8. The molecule has 2 aliphatic rings. The van der Waals surface area contributed by atoms with Crippen molar-refractivity contribution in [2.24, 2.45) is 11.0 Å². The highest BCUT2D eigenvalue weighted by Gasteiger charge is 2.54. The molecule has 0 saturated carbocycles. The molecule has 2 atom stereocenters. The van der Waals surface area contributed by atoms with E-state index in [9.17, 15) is 19.9 Å². The maximum absolute atomic E-state index is 13.7. The molecule has 1 amide bonds. The number of carbonyl (C=O) groups is 3. The molecule has 3 rings (SSSR count). The summed E-state index contributed by atoms with van der Waals surface area (Å²) in [6.07, 6.45) is 0.588. The van der Waals surface area contributed by atoms with Crippen LogP contribution in [0.25, 0.3) is 10.4 Å². The minimum absolute atomic E-state index is 0.00468. The topological polar surface area (TPSA) is 176 Å². The summed E-state index contributed by atoms with van der Waals surface area (Å²) in [5, 5.41) is 15.1. The second kappa shape index (κ2) is 14.0. The Balaban J connectivity index is 1.71. The molecule has 1 aromatic carbocycles. The molecule has 0 unspecified atom stereocenters. The van der Waals surface area contributed by atoms with E-state index in [1.54, 1.807) is 25.7 Å². The minimum Gasteiger partial charge on any atom is -0.460 e. The van der Waals surface area contributed by atoms with Crippen molar-refractivity contribution in [2.45, 2.75) is 103 Å². The Morgan fingerprint density at radius 2 is 1.80 bits per heavy atom. The maximum Gasteiger partial charge on any atom is 0.457 e. The molecule has 0 bridgehead atoms. The van der Waals surface area contributed by atoms with Crippen LogP contribution in [-0.4, -0.2) is 77.7 Å². The lowest BCUT2D eigenvalue weighted by Crippen LogP contribution is -2.46. The molecule has 1 aromatic rings. The van der Waals surface area contributed by atoms with Crippen LogP contribution in [0.1, 0.15) is 73.3 Å². The second-order valence-electron chi connectivity index (χ2n) is 13.4. The zero-order valence-corrected chi connectivity index (χ0v) is 26.8. The number of rotatable bonds is 12. The van der Waals surface area contributed by atoms with Gasteiger partial charge in [0.2, 0.25) is 0 Å². The number of benzene rings is 1. The number of hydrogen-bond donors (Lipinski definition) is 2. The lowest BCUT2D eigenvalue weighted by atomic mass is 9.78. The van der Waals surface area contributed by atoms with Gasteiger partial charge in [0.25, 0.3) is 0 Å². The van der Waals surface area contributed by atoms with Crippen LogP contribution in [0.3, 0.4) is 0 Å². The van der Waals surface area contributed by atoms with Gasteiger partial charge in [-0.25, -0.2) is 4.79 Å². The monoisotopic (exact) mass is 612 g/mol. The van der Waals surface area contributed by atoms with E-state index in [1.165, 1.54) is 0 Å². The van der Waals surface area contributed by atoms with Crippen molar-refractivity contribution in [2.75, 3.05) is 19.6 Å². The van der Waals surface area contributed by atoms with Crippen molar-refractivity contribution >= 4 is 30.8 Å².